The van der Waals surface area contributed by atoms with Gasteiger partial charge in [0.05, 0.1) is 14.2 Å². The van der Waals surface area contributed by atoms with E-state index in [1.165, 1.54) is 0 Å². The van der Waals surface area contributed by atoms with Crippen LogP contribution in [-0.2, 0) is 28.7 Å². The van der Waals surface area contributed by atoms with E-state index in [1.807, 2.05) is 0 Å². The standard InChI is InChI=1S/C9H12O6/c1-14-8(12)6(4-3-5-10)7(11)9(13)15-2/h5-6H,3-4H2,1-2H3. The molecule has 0 aliphatic carbocycles. The molecule has 0 fully saturated rings. The highest BCUT2D eigenvalue weighted by Crippen LogP contribution is 2.10. The normalized spacial score (nSPS) is 11.3. The van der Waals surface area contributed by atoms with Crippen LogP contribution in [0.3, 0.4) is 0 Å². The van der Waals surface area contributed by atoms with E-state index in [4.69, 9.17) is 0 Å². The molecule has 0 amide bonds. The zero-order valence-corrected chi connectivity index (χ0v) is 8.52. The van der Waals surface area contributed by atoms with Gasteiger partial charge in [-0.05, 0) is 6.42 Å². The van der Waals surface area contributed by atoms with Gasteiger partial charge in [0.2, 0.25) is 0 Å². The fraction of sp³-hybridized carbons (Fsp3) is 0.556. The lowest BCUT2D eigenvalue weighted by Gasteiger charge is -2.09. The molecule has 1 atom stereocenters. The molecule has 0 saturated heterocycles. The number of ketones is 1. The van der Waals surface area contributed by atoms with E-state index < -0.39 is 23.6 Å². The van der Waals surface area contributed by atoms with Gasteiger partial charge in [-0.15, -0.1) is 0 Å². The van der Waals surface area contributed by atoms with E-state index in [0.29, 0.717) is 6.29 Å². The highest BCUT2D eigenvalue weighted by atomic mass is 16.5. The number of ether oxygens (including phenoxy) is 2. The Kier molecular flexibility index (Phi) is 5.92. The molecular weight excluding hydrogens is 204 g/mol. The van der Waals surface area contributed by atoms with Crippen molar-refractivity contribution in [2.75, 3.05) is 14.2 Å². The third kappa shape index (κ3) is 3.88. The Hall–Kier alpha value is -1.72. The third-order valence-corrected chi connectivity index (χ3v) is 1.76. The lowest BCUT2D eigenvalue weighted by molar-refractivity contribution is -0.160. The van der Waals surface area contributed by atoms with Gasteiger partial charge in [0.25, 0.3) is 5.78 Å². The highest BCUT2D eigenvalue weighted by Gasteiger charge is 2.32. The van der Waals surface area contributed by atoms with Crippen molar-refractivity contribution in [1.29, 1.82) is 0 Å². The van der Waals surface area contributed by atoms with Gasteiger partial charge in [-0.2, -0.15) is 0 Å². The molecule has 0 bridgehead atoms. The Morgan fingerprint density at radius 3 is 2.20 bits per heavy atom. The van der Waals surface area contributed by atoms with Crippen LogP contribution in [0.15, 0.2) is 0 Å². The summed E-state index contributed by atoms with van der Waals surface area (Å²) >= 11 is 0. The van der Waals surface area contributed by atoms with Crippen molar-refractivity contribution in [3.63, 3.8) is 0 Å². The minimum absolute atomic E-state index is 0.00248. The molecule has 15 heavy (non-hydrogen) atoms. The monoisotopic (exact) mass is 216 g/mol. The van der Waals surface area contributed by atoms with Crippen LogP contribution in [0.4, 0.5) is 0 Å². The minimum atomic E-state index is -1.26. The Morgan fingerprint density at radius 1 is 1.20 bits per heavy atom. The first-order valence-electron chi connectivity index (χ1n) is 4.22. The quantitative estimate of drug-likeness (QED) is 0.257. The summed E-state index contributed by atoms with van der Waals surface area (Å²) in [6, 6.07) is 0. The second-order valence-electron chi connectivity index (χ2n) is 2.68. The topological polar surface area (TPSA) is 86.7 Å². The van der Waals surface area contributed by atoms with E-state index in [1.54, 1.807) is 0 Å². The Morgan fingerprint density at radius 2 is 1.80 bits per heavy atom. The number of carbonyl (C=O) groups is 4. The molecule has 0 heterocycles. The van der Waals surface area contributed by atoms with Crippen molar-refractivity contribution in [3.05, 3.63) is 0 Å². The minimum Gasteiger partial charge on any atom is -0.468 e. The second kappa shape index (κ2) is 6.69. The first-order valence-corrected chi connectivity index (χ1v) is 4.22. The summed E-state index contributed by atoms with van der Waals surface area (Å²) in [6.07, 6.45) is 0.507. The van der Waals surface area contributed by atoms with E-state index >= 15 is 0 Å². The molecule has 0 rings (SSSR count). The summed E-state index contributed by atoms with van der Waals surface area (Å²) in [6.45, 7) is 0. The molecular formula is C9H12O6. The van der Waals surface area contributed by atoms with Crippen molar-refractivity contribution in [2.24, 2.45) is 5.92 Å². The largest absolute Gasteiger partial charge is 0.468 e. The average molecular weight is 216 g/mol. The third-order valence-electron chi connectivity index (χ3n) is 1.76. The summed E-state index contributed by atoms with van der Waals surface area (Å²) < 4.78 is 8.52. The molecule has 0 N–H and O–H groups in total. The van der Waals surface area contributed by atoms with Crippen LogP contribution in [0, 0.1) is 5.92 Å². The Labute approximate surface area is 86.5 Å². The maximum Gasteiger partial charge on any atom is 0.375 e. The average Bonchev–Trinajstić information content (AvgIpc) is 2.27. The molecule has 0 aromatic carbocycles. The van der Waals surface area contributed by atoms with Gasteiger partial charge in [0.1, 0.15) is 12.2 Å². The lowest BCUT2D eigenvalue weighted by Crippen LogP contribution is -2.32. The van der Waals surface area contributed by atoms with Crippen LogP contribution < -0.4 is 0 Å². The number of aldehydes is 1. The first-order chi connectivity index (χ1) is 7.08. The summed E-state index contributed by atoms with van der Waals surface area (Å²) in [5, 5.41) is 0. The highest BCUT2D eigenvalue weighted by molar-refractivity contribution is 6.37. The van der Waals surface area contributed by atoms with Crippen LogP contribution in [0.5, 0.6) is 0 Å². The summed E-state index contributed by atoms with van der Waals surface area (Å²) in [4.78, 5) is 43.4. The predicted octanol–water partition coefficient (Wildman–Crippen LogP) is -0.503. The molecule has 0 aromatic heterocycles. The van der Waals surface area contributed by atoms with E-state index in [2.05, 4.69) is 9.47 Å². The Balaban J connectivity index is 4.61. The molecule has 0 spiro atoms. The van der Waals surface area contributed by atoms with Gasteiger partial charge in [-0.1, -0.05) is 0 Å². The molecule has 0 aliphatic heterocycles. The molecule has 0 aromatic rings. The number of Topliss-reactive ketones (excluding diaryl/α,β-unsaturated/α-hetero) is 1. The summed E-state index contributed by atoms with van der Waals surface area (Å²) in [5.74, 6) is -4.21. The maximum absolute atomic E-state index is 11.3. The lowest BCUT2D eigenvalue weighted by atomic mass is 9.99. The van der Waals surface area contributed by atoms with Gasteiger partial charge in [0, 0.05) is 6.42 Å². The van der Waals surface area contributed by atoms with Gasteiger partial charge < -0.3 is 14.3 Å². The van der Waals surface area contributed by atoms with E-state index in [0.717, 1.165) is 14.2 Å². The molecule has 6 heteroatoms. The fourth-order valence-electron chi connectivity index (χ4n) is 0.976. The van der Waals surface area contributed by atoms with Gasteiger partial charge >= 0.3 is 11.9 Å². The zero-order valence-electron chi connectivity index (χ0n) is 8.52. The van der Waals surface area contributed by atoms with E-state index in [-0.39, 0.29) is 12.8 Å². The number of rotatable bonds is 6. The van der Waals surface area contributed by atoms with Gasteiger partial charge in [0.15, 0.2) is 0 Å². The second-order valence-corrected chi connectivity index (χ2v) is 2.68. The number of methoxy groups -OCH3 is 2. The van der Waals surface area contributed by atoms with Gasteiger partial charge in [-0.25, -0.2) is 4.79 Å². The number of esters is 2. The smallest absolute Gasteiger partial charge is 0.375 e. The van der Waals surface area contributed by atoms with Gasteiger partial charge in [-0.3, -0.25) is 9.59 Å². The molecule has 0 radical (unpaired) electrons. The number of hydrogen-bond acceptors (Lipinski definition) is 6. The molecule has 0 aliphatic rings. The molecule has 0 saturated carbocycles. The van der Waals surface area contributed by atoms with Crippen LogP contribution >= 0.6 is 0 Å². The van der Waals surface area contributed by atoms with Crippen molar-refractivity contribution in [1.82, 2.24) is 0 Å². The van der Waals surface area contributed by atoms with Crippen LogP contribution in [0.1, 0.15) is 12.8 Å². The van der Waals surface area contributed by atoms with Crippen molar-refractivity contribution >= 4 is 24.0 Å². The van der Waals surface area contributed by atoms with Crippen molar-refractivity contribution in [3.8, 4) is 0 Å². The Bertz CT molecular complexity index is 270. The SMILES string of the molecule is COC(=O)C(=O)C(CCC=O)C(=O)OC. The van der Waals surface area contributed by atoms with Crippen LogP contribution in [0.2, 0.25) is 0 Å². The first kappa shape index (κ1) is 13.3. The summed E-state index contributed by atoms with van der Waals surface area (Å²) in [5.41, 5.74) is 0. The van der Waals surface area contributed by atoms with E-state index in [9.17, 15) is 19.2 Å². The molecule has 6 nitrogen and oxygen atoms in total. The predicted molar refractivity (Wildman–Crippen MR) is 47.8 cm³/mol. The summed E-state index contributed by atoms with van der Waals surface area (Å²) in [7, 11) is 2.13. The van der Waals surface area contributed by atoms with Crippen molar-refractivity contribution in [2.45, 2.75) is 12.8 Å². The zero-order chi connectivity index (χ0) is 11.8. The molecule has 84 valence electrons. The number of carbonyl (C=O) groups excluding carboxylic acids is 4. The van der Waals surface area contributed by atoms with Crippen LogP contribution in [0.25, 0.3) is 0 Å². The molecule has 1 unspecified atom stereocenters. The number of hydrogen-bond donors (Lipinski definition) is 0. The van der Waals surface area contributed by atoms with Crippen LogP contribution in [-0.4, -0.2) is 38.2 Å². The van der Waals surface area contributed by atoms with Crippen molar-refractivity contribution < 1.29 is 28.7 Å². The maximum atomic E-state index is 11.3. The fourth-order valence-corrected chi connectivity index (χ4v) is 0.976.